The maximum Gasteiger partial charge on any atom is 0.193 e. The summed E-state index contributed by atoms with van der Waals surface area (Å²) < 4.78 is 5.65. The maximum absolute atomic E-state index is 12.1. The molecule has 1 aromatic heterocycles. The molecule has 0 saturated heterocycles. The predicted octanol–water partition coefficient (Wildman–Crippen LogP) is 4.47. The standard InChI is InChI=1S/C15H8Cl2O3/c16-9-3-1-8(2-4-9)13-7-12(19)10-5-6-11(18)14(17)15(10)20-13/h1-7,18H. The molecule has 0 aliphatic heterocycles. The fourth-order valence-corrected chi connectivity index (χ4v) is 2.26. The highest BCUT2D eigenvalue weighted by Crippen LogP contribution is 2.33. The molecule has 3 nitrogen and oxygen atoms in total. The van der Waals surface area contributed by atoms with Gasteiger partial charge in [-0.1, -0.05) is 23.2 Å². The molecule has 3 aromatic rings. The van der Waals surface area contributed by atoms with Crippen molar-refractivity contribution in [1.29, 1.82) is 0 Å². The molecule has 100 valence electrons. The van der Waals surface area contributed by atoms with Gasteiger partial charge in [0.25, 0.3) is 0 Å². The number of phenols is 1. The molecular formula is C15H8Cl2O3. The van der Waals surface area contributed by atoms with Crippen LogP contribution < -0.4 is 5.43 Å². The fraction of sp³-hybridized carbons (Fsp3) is 0. The lowest BCUT2D eigenvalue weighted by Crippen LogP contribution is -2.00. The lowest BCUT2D eigenvalue weighted by molar-refractivity contribution is 0.474. The van der Waals surface area contributed by atoms with Crippen molar-refractivity contribution in [3.05, 3.63) is 62.7 Å². The van der Waals surface area contributed by atoms with Gasteiger partial charge in [0.15, 0.2) is 11.0 Å². The molecule has 20 heavy (non-hydrogen) atoms. The number of hydrogen-bond donors (Lipinski definition) is 1. The summed E-state index contributed by atoms with van der Waals surface area (Å²) in [5.74, 6) is 0.238. The van der Waals surface area contributed by atoms with E-state index in [0.717, 1.165) is 0 Å². The number of hydrogen-bond acceptors (Lipinski definition) is 3. The van der Waals surface area contributed by atoms with Gasteiger partial charge in [0.2, 0.25) is 0 Å². The largest absolute Gasteiger partial charge is 0.506 e. The van der Waals surface area contributed by atoms with E-state index in [1.165, 1.54) is 18.2 Å². The molecule has 0 fully saturated rings. The number of fused-ring (bicyclic) bond motifs is 1. The molecule has 0 saturated carbocycles. The van der Waals surface area contributed by atoms with Crippen molar-refractivity contribution in [2.75, 3.05) is 0 Å². The first-order chi connectivity index (χ1) is 9.56. The molecule has 2 aromatic carbocycles. The van der Waals surface area contributed by atoms with Gasteiger partial charge in [0.05, 0.1) is 5.39 Å². The molecule has 1 heterocycles. The third kappa shape index (κ3) is 2.15. The Morgan fingerprint density at radius 1 is 1.00 bits per heavy atom. The Labute approximate surface area is 124 Å². The van der Waals surface area contributed by atoms with E-state index in [2.05, 4.69) is 0 Å². The van der Waals surface area contributed by atoms with Crippen molar-refractivity contribution in [1.82, 2.24) is 0 Å². The highest BCUT2D eigenvalue weighted by atomic mass is 35.5. The predicted molar refractivity (Wildman–Crippen MR) is 79.6 cm³/mol. The first-order valence-corrected chi connectivity index (χ1v) is 6.53. The van der Waals surface area contributed by atoms with E-state index in [9.17, 15) is 9.90 Å². The van der Waals surface area contributed by atoms with Crippen LogP contribution >= 0.6 is 23.2 Å². The summed E-state index contributed by atoms with van der Waals surface area (Å²) in [5, 5.41) is 10.5. The Morgan fingerprint density at radius 2 is 1.70 bits per heavy atom. The topological polar surface area (TPSA) is 50.4 Å². The van der Waals surface area contributed by atoms with Gasteiger partial charge < -0.3 is 9.52 Å². The van der Waals surface area contributed by atoms with Crippen LogP contribution in [-0.4, -0.2) is 5.11 Å². The third-order valence-corrected chi connectivity index (χ3v) is 3.56. The van der Waals surface area contributed by atoms with Gasteiger partial charge in [0.1, 0.15) is 16.5 Å². The molecule has 0 spiro atoms. The minimum Gasteiger partial charge on any atom is -0.506 e. The molecule has 0 amide bonds. The van der Waals surface area contributed by atoms with E-state index in [1.807, 2.05) is 0 Å². The average molecular weight is 307 g/mol. The number of benzene rings is 2. The van der Waals surface area contributed by atoms with Crippen LogP contribution in [0.4, 0.5) is 0 Å². The second-order valence-corrected chi connectivity index (χ2v) is 5.07. The lowest BCUT2D eigenvalue weighted by atomic mass is 10.1. The Hall–Kier alpha value is -1.97. The van der Waals surface area contributed by atoms with Crippen molar-refractivity contribution in [3.63, 3.8) is 0 Å². The fourth-order valence-electron chi connectivity index (χ4n) is 1.93. The summed E-state index contributed by atoms with van der Waals surface area (Å²) in [5.41, 5.74) is 0.648. The van der Waals surface area contributed by atoms with Crippen LogP contribution in [0, 0.1) is 0 Å². The highest BCUT2D eigenvalue weighted by molar-refractivity contribution is 6.36. The highest BCUT2D eigenvalue weighted by Gasteiger charge is 2.12. The van der Waals surface area contributed by atoms with Crippen LogP contribution in [0.1, 0.15) is 0 Å². The van der Waals surface area contributed by atoms with Crippen molar-refractivity contribution < 1.29 is 9.52 Å². The van der Waals surface area contributed by atoms with Gasteiger partial charge >= 0.3 is 0 Å². The molecule has 3 rings (SSSR count). The Balaban J connectivity index is 2.31. The number of phenolic OH excluding ortho intramolecular Hbond substituents is 1. The van der Waals surface area contributed by atoms with E-state index in [4.69, 9.17) is 27.6 Å². The quantitative estimate of drug-likeness (QED) is 0.721. The van der Waals surface area contributed by atoms with Crippen LogP contribution in [0.2, 0.25) is 10.0 Å². The van der Waals surface area contributed by atoms with Gasteiger partial charge in [-0.3, -0.25) is 4.79 Å². The number of aromatic hydroxyl groups is 1. The van der Waals surface area contributed by atoms with E-state index < -0.39 is 0 Å². The molecule has 5 heteroatoms. The second kappa shape index (κ2) is 4.85. The van der Waals surface area contributed by atoms with Crippen LogP contribution in [0.15, 0.2) is 51.7 Å². The summed E-state index contributed by atoms with van der Waals surface area (Å²) in [6, 6.07) is 11.1. The Morgan fingerprint density at radius 3 is 2.40 bits per heavy atom. The van der Waals surface area contributed by atoms with Crippen molar-refractivity contribution >= 4 is 34.2 Å². The summed E-state index contributed by atoms with van der Waals surface area (Å²) in [6.45, 7) is 0. The zero-order valence-electron chi connectivity index (χ0n) is 10.1. The van der Waals surface area contributed by atoms with E-state index in [1.54, 1.807) is 24.3 Å². The molecule has 0 radical (unpaired) electrons. The second-order valence-electron chi connectivity index (χ2n) is 4.26. The zero-order chi connectivity index (χ0) is 14.3. The Kier molecular flexibility index (Phi) is 3.16. The zero-order valence-corrected chi connectivity index (χ0v) is 11.6. The smallest absolute Gasteiger partial charge is 0.193 e. The molecular weight excluding hydrogens is 299 g/mol. The minimum atomic E-state index is -0.224. The van der Waals surface area contributed by atoms with Crippen LogP contribution in [0.25, 0.3) is 22.3 Å². The lowest BCUT2D eigenvalue weighted by Gasteiger charge is -2.05. The summed E-state index contributed by atoms with van der Waals surface area (Å²) in [4.78, 5) is 12.1. The van der Waals surface area contributed by atoms with Gasteiger partial charge in [-0.25, -0.2) is 0 Å². The van der Waals surface area contributed by atoms with E-state index in [-0.39, 0.29) is 21.8 Å². The summed E-state index contributed by atoms with van der Waals surface area (Å²) in [6.07, 6.45) is 0. The van der Waals surface area contributed by atoms with E-state index in [0.29, 0.717) is 21.7 Å². The molecule has 0 atom stereocenters. The summed E-state index contributed by atoms with van der Waals surface area (Å²) in [7, 11) is 0. The molecule has 0 unspecified atom stereocenters. The van der Waals surface area contributed by atoms with Crippen LogP contribution in [0.3, 0.4) is 0 Å². The van der Waals surface area contributed by atoms with Gasteiger partial charge in [-0.15, -0.1) is 0 Å². The molecule has 1 N–H and O–H groups in total. The molecule has 0 aliphatic rings. The normalized spacial score (nSPS) is 10.9. The number of halogens is 2. The first-order valence-electron chi connectivity index (χ1n) is 5.77. The van der Waals surface area contributed by atoms with E-state index >= 15 is 0 Å². The van der Waals surface area contributed by atoms with Crippen molar-refractivity contribution in [2.24, 2.45) is 0 Å². The van der Waals surface area contributed by atoms with Gasteiger partial charge in [-0.05, 0) is 36.4 Å². The maximum atomic E-state index is 12.1. The average Bonchev–Trinajstić information content (AvgIpc) is 2.44. The first kappa shape index (κ1) is 13.0. The SMILES string of the molecule is O=c1cc(-c2ccc(Cl)cc2)oc2c(Cl)c(O)ccc12. The summed E-state index contributed by atoms with van der Waals surface area (Å²) >= 11 is 11.8. The minimum absolute atomic E-state index is 0.0235. The van der Waals surface area contributed by atoms with Crippen molar-refractivity contribution in [3.8, 4) is 17.1 Å². The van der Waals surface area contributed by atoms with Crippen LogP contribution in [0.5, 0.6) is 5.75 Å². The van der Waals surface area contributed by atoms with Gasteiger partial charge in [-0.2, -0.15) is 0 Å². The molecule has 0 aliphatic carbocycles. The third-order valence-electron chi connectivity index (χ3n) is 2.95. The van der Waals surface area contributed by atoms with Crippen molar-refractivity contribution in [2.45, 2.75) is 0 Å². The monoisotopic (exact) mass is 306 g/mol. The number of rotatable bonds is 1. The van der Waals surface area contributed by atoms with Gasteiger partial charge in [0, 0.05) is 16.7 Å². The molecule has 0 bridgehead atoms. The van der Waals surface area contributed by atoms with Crippen LogP contribution in [-0.2, 0) is 0 Å². The Bertz CT molecular complexity index is 851.